The van der Waals surface area contributed by atoms with Crippen LogP contribution in [0.3, 0.4) is 0 Å². The molecule has 0 saturated heterocycles. The summed E-state index contributed by atoms with van der Waals surface area (Å²) >= 11 is 0. The molecule has 1 aliphatic rings. The largest absolute Gasteiger partial charge is 0.485 e. The third-order valence-corrected chi connectivity index (χ3v) is 4.64. The molecule has 0 spiro atoms. The Bertz CT molecular complexity index is 950. The summed E-state index contributed by atoms with van der Waals surface area (Å²) in [5, 5.41) is 21.4. The van der Waals surface area contributed by atoms with Crippen molar-refractivity contribution in [2.45, 2.75) is 38.5 Å². The van der Waals surface area contributed by atoms with Crippen LogP contribution in [0.5, 0.6) is 5.75 Å². The first-order chi connectivity index (χ1) is 13.2. The van der Waals surface area contributed by atoms with Crippen molar-refractivity contribution in [3.8, 4) is 11.8 Å². The molecule has 2 aromatic carbocycles. The summed E-state index contributed by atoms with van der Waals surface area (Å²) < 4.78 is 5.89. The standard InChI is InChI=1S/C21H21N3O4/c1-13(25)23-24(20(27)15-7-5-4-6-8-15)18-16-11-14(12-22)9-10-17(16)28-21(2,3)19(18)26/h4-11,18-19,26H,1-3H3,(H,23,25)/t18-,19+/m0/s1. The van der Waals surface area contributed by atoms with Gasteiger partial charge in [-0.05, 0) is 44.2 Å². The number of nitrogens with zero attached hydrogens (tertiary/aromatic N) is 2. The topological polar surface area (TPSA) is 103 Å². The molecule has 3 rings (SSSR count). The molecule has 2 amide bonds. The number of nitriles is 1. The molecule has 0 unspecified atom stereocenters. The lowest BCUT2D eigenvalue weighted by atomic mass is 9.85. The van der Waals surface area contributed by atoms with Crippen molar-refractivity contribution in [2.24, 2.45) is 0 Å². The van der Waals surface area contributed by atoms with Crippen molar-refractivity contribution in [1.29, 1.82) is 5.26 Å². The van der Waals surface area contributed by atoms with E-state index in [9.17, 15) is 20.0 Å². The number of aliphatic hydroxyl groups is 1. The molecule has 7 nitrogen and oxygen atoms in total. The van der Waals surface area contributed by atoms with E-state index in [0.717, 1.165) is 5.01 Å². The first-order valence-corrected chi connectivity index (χ1v) is 8.81. The van der Waals surface area contributed by atoms with Gasteiger partial charge in [0.25, 0.3) is 5.91 Å². The lowest BCUT2D eigenvalue weighted by molar-refractivity contribution is -0.129. The number of aliphatic hydroxyl groups excluding tert-OH is 1. The van der Waals surface area contributed by atoms with E-state index >= 15 is 0 Å². The summed E-state index contributed by atoms with van der Waals surface area (Å²) in [5.41, 5.74) is 2.67. The molecule has 0 bridgehead atoms. The van der Waals surface area contributed by atoms with Gasteiger partial charge in [-0.1, -0.05) is 18.2 Å². The van der Waals surface area contributed by atoms with E-state index in [1.807, 2.05) is 6.07 Å². The van der Waals surface area contributed by atoms with Crippen molar-refractivity contribution in [3.63, 3.8) is 0 Å². The van der Waals surface area contributed by atoms with E-state index in [-0.39, 0.29) is 0 Å². The average Bonchev–Trinajstić information content (AvgIpc) is 2.67. The van der Waals surface area contributed by atoms with Gasteiger partial charge in [0.2, 0.25) is 5.91 Å². The molecule has 0 fully saturated rings. The van der Waals surface area contributed by atoms with E-state index in [0.29, 0.717) is 22.4 Å². The molecule has 2 N–H and O–H groups in total. The van der Waals surface area contributed by atoms with E-state index in [1.165, 1.54) is 6.92 Å². The summed E-state index contributed by atoms with van der Waals surface area (Å²) in [4.78, 5) is 25.1. The highest BCUT2D eigenvalue weighted by Gasteiger charge is 2.47. The van der Waals surface area contributed by atoms with Crippen molar-refractivity contribution in [1.82, 2.24) is 10.4 Å². The minimum absolute atomic E-state index is 0.353. The Morgan fingerprint density at radius 3 is 2.50 bits per heavy atom. The fraction of sp³-hybridized carbons (Fsp3) is 0.286. The molecule has 1 aliphatic heterocycles. The Balaban J connectivity index is 2.16. The lowest BCUT2D eigenvalue weighted by Gasteiger charge is -2.45. The Kier molecular flexibility index (Phi) is 5.08. The Morgan fingerprint density at radius 1 is 1.21 bits per heavy atom. The van der Waals surface area contributed by atoms with Crippen molar-refractivity contribution >= 4 is 11.8 Å². The predicted molar refractivity (Wildman–Crippen MR) is 101 cm³/mol. The van der Waals surface area contributed by atoms with Crippen molar-refractivity contribution < 1.29 is 19.4 Å². The maximum Gasteiger partial charge on any atom is 0.272 e. The highest BCUT2D eigenvalue weighted by atomic mass is 16.5. The van der Waals surface area contributed by atoms with Gasteiger partial charge in [-0.25, -0.2) is 5.01 Å². The van der Waals surface area contributed by atoms with Gasteiger partial charge < -0.3 is 9.84 Å². The fourth-order valence-electron chi connectivity index (χ4n) is 3.25. The molecule has 0 saturated carbocycles. The van der Waals surface area contributed by atoms with Crippen LogP contribution in [0.25, 0.3) is 0 Å². The fourth-order valence-corrected chi connectivity index (χ4v) is 3.25. The van der Waals surface area contributed by atoms with Gasteiger partial charge in [0, 0.05) is 18.1 Å². The van der Waals surface area contributed by atoms with Crippen LogP contribution in [0.15, 0.2) is 48.5 Å². The quantitative estimate of drug-likeness (QED) is 0.780. The van der Waals surface area contributed by atoms with Gasteiger partial charge >= 0.3 is 0 Å². The van der Waals surface area contributed by atoms with Crippen LogP contribution in [-0.2, 0) is 4.79 Å². The van der Waals surface area contributed by atoms with Gasteiger partial charge in [0.1, 0.15) is 23.5 Å². The Labute approximate surface area is 163 Å². The number of benzene rings is 2. The molecule has 0 radical (unpaired) electrons. The van der Waals surface area contributed by atoms with Gasteiger partial charge in [0.05, 0.1) is 11.6 Å². The molecular weight excluding hydrogens is 358 g/mol. The normalized spacial score (nSPS) is 19.5. The lowest BCUT2D eigenvalue weighted by Crippen LogP contribution is -2.58. The smallest absolute Gasteiger partial charge is 0.272 e. The highest BCUT2D eigenvalue weighted by Crippen LogP contribution is 2.43. The summed E-state index contributed by atoms with van der Waals surface area (Å²) in [6.07, 6.45) is -1.16. The average molecular weight is 379 g/mol. The number of hydrogen-bond donors (Lipinski definition) is 2. The molecule has 0 aliphatic carbocycles. The summed E-state index contributed by atoms with van der Waals surface area (Å²) in [6, 6.07) is 14.4. The predicted octanol–water partition coefficient (Wildman–Crippen LogP) is 2.32. The third kappa shape index (κ3) is 3.55. The first kappa shape index (κ1) is 19.4. The molecular formula is C21H21N3O4. The molecule has 1 heterocycles. The second-order valence-electron chi connectivity index (χ2n) is 7.17. The zero-order chi connectivity index (χ0) is 20.5. The van der Waals surface area contributed by atoms with Crippen LogP contribution in [-0.4, -0.2) is 33.6 Å². The number of hydrogen-bond acceptors (Lipinski definition) is 5. The van der Waals surface area contributed by atoms with Gasteiger partial charge in [-0.15, -0.1) is 0 Å². The van der Waals surface area contributed by atoms with Crippen LogP contribution in [0.4, 0.5) is 0 Å². The van der Waals surface area contributed by atoms with Crippen LogP contribution in [0.1, 0.15) is 48.3 Å². The van der Waals surface area contributed by atoms with Crippen molar-refractivity contribution in [2.75, 3.05) is 0 Å². The van der Waals surface area contributed by atoms with Crippen LogP contribution in [0, 0.1) is 11.3 Å². The van der Waals surface area contributed by atoms with Crippen LogP contribution < -0.4 is 10.2 Å². The van der Waals surface area contributed by atoms with Crippen molar-refractivity contribution in [3.05, 3.63) is 65.2 Å². The number of ether oxygens (including phenoxy) is 1. The number of hydrazine groups is 1. The number of carbonyl (C=O) groups is 2. The molecule has 0 aromatic heterocycles. The highest BCUT2D eigenvalue weighted by molar-refractivity contribution is 5.95. The maximum atomic E-state index is 13.2. The number of carbonyl (C=O) groups excluding carboxylic acids is 2. The number of amides is 2. The first-order valence-electron chi connectivity index (χ1n) is 8.81. The van der Waals surface area contributed by atoms with Crippen LogP contribution >= 0.6 is 0 Å². The Hall–Kier alpha value is -3.37. The second-order valence-corrected chi connectivity index (χ2v) is 7.17. The van der Waals surface area contributed by atoms with Gasteiger partial charge in [-0.2, -0.15) is 5.26 Å². The number of rotatable bonds is 2. The molecule has 2 aromatic rings. The SMILES string of the molecule is CC(=O)NN(C(=O)c1ccccc1)[C@H]1c2cc(C#N)ccc2OC(C)(C)[C@@H]1O. The molecule has 28 heavy (non-hydrogen) atoms. The third-order valence-electron chi connectivity index (χ3n) is 4.64. The second kappa shape index (κ2) is 7.33. The van der Waals surface area contributed by atoms with E-state index in [2.05, 4.69) is 5.43 Å². The summed E-state index contributed by atoms with van der Waals surface area (Å²) in [5.74, 6) is -0.500. The van der Waals surface area contributed by atoms with E-state index in [1.54, 1.807) is 62.4 Å². The Morgan fingerprint density at radius 2 is 1.89 bits per heavy atom. The monoisotopic (exact) mass is 379 g/mol. The summed E-state index contributed by atoms with van der Waals surface area (Å²) in [7, 11) is 0. The molecule has 144 valence electrons. The van der Waals surface area contributed by atoms with E-state index in [4.69, 9.17) is 4.74 Å². The number of fused-ring (bicyclic) bond motifs is 1. The molecule has 7 heteroatoms. The van der Waals surface area contributed by atoms with Gasteiger partial charge in [-0.3, -0.25) is 15.0 Å². The van der Waals surface area contributed by atoms with Gasteiger partial charge in [0.15, 0.2) is 0 Å². The van der Waals surface area contributed by atoms with E-state index < -0.39 is 29.6 Å². The summed E-state index contributed by atoms with van der Waals surface area (Å²) in [6.45, 7) is 4.68. The molecule has 2 atom stereocenters. The van der Waals surface area contributed by atoms with Crippen LogP contribution in [0.2, 0.25) is 0 Å². The maximum absolute atomic E-state index is 13.2. The number of nitrogens with one attached hydrogen (secondary N) is 1. The zero-order valence-corrected chi connectivity index (χ0v) is 15.8. The minimum atomic E-state index is -1.16. The zero-order valence-electron chi connectivity index (χ0n) is 15.8. The minimum Gasteiger partial charge on any atom is -0.485 e.